The summed E-state index contributed by atoms with van der Waals surface area (Å²) < 4.78 is 5.85. The number of ether oxygens (including phenoxy) is 1. The highest BCUT2D eigenvalue weighted by Gasteiger charge is 2.19. The predicted molar refractivity (Wildman–Crippen MR) is 75.8 cm³/mol. The van der Waals surface area contributed by atoms with E-state index in [1.54, 1.807) is 6.07 Å². The lowest BCUT2D eigenvalue weighted by molar-refractivity contribution is -0.385. The second-order valence-corrected chi connectivity index (χ2v) is 5.29. The number of nitrogens with zero attached hydrogens (tertiary/aromatic N) is 1. The SMILES string of the molecule is CC(=O)CCCCOc1c(Br)cc(Cl)cc1[N+](=O)[O-]. The standard InChI is InChI=1S/C12H13BrClNO4/c1-8(16)4-2-3-5-19-12-10(13)6-9(14)7-11(12)15(17)18/h6-7H,2-5H2,1H3. The van der Waals surface area contributed by atoms with Crippen LogP contribution in [0.3, 0.4) is 0 Å². The molecular formula is C12H13BrClNO4. The molecule has 0 radical (unpaired) electrons. The molecule has 0 saturated heterocycles. The van der Waals surface area contributed by atoms with Crippen molar-refractivity contribution in [2.75, 3.05) is 6.61 Å². The van der Waals surface area contributed by atoms with E-state index < -0.39 is 4.92 Å². The van der Waals surface area contributed by atoms with Crippen molar-refractivity contribution in [3.63, 3.8) is 0 Å². The Bertz CT molecular complexity index is 493. The lowest BCUT2D eigenvalue weighted by atomic mass is 10.2. The minimum atomic E-state index is -0.540. The van der Waals surface area contributed by atoms with Gasteiger partial charge in [-0.15, -0.1) is 0 Å². The molecule has 0 spiro atoms. The summed E-state index contributed by atoms with van der Waals surface area (Å²) in [5.41, 5.74) is -0.175. The van der Waals surface area contributed by atoms with Gasteiger partial charge in [0.05, 0.1) is 16.0 Å². The number of halogens is 2. The van der Waals surface area contributed by atoms with E-state index in [2.05, 4.69) is 15.9 Å². The highest BCUT2D eigenvalue weighted by molar-refractivity contribution is 9.10. The summed E-state index contributed by atoms with van der Waals surface area (Å²) in [7, 11) is 0. The molecular weight excluding hydrogens is 337 g/mol. The summed E-state index contributed by atoms with van der Waals surface area (Å²) >= 11 is 8.95. The van der Waals surface area contributed by atoms with Gasteiger partial charge in [0.1, 0.15) is 5.78 Å². The van der Waals surface area contributed by atoms with Crippen molar-refractivity contribution < 1.29 is 14.5 Å². The Kier molecular flexibility index (Phi) is 6.24. The minimum absolute atomic E-state index is 0.124. The first kappa shape index (κ1) is 15.9. The second kappa shape index (κ2) is 7.45. The monoisotopic (exact) mass is 349 g/mol. The quantitative estimate of drug-likeness (QED) is 0.421. The number of nitro benzene ring substituents is 1. The molecule has 0 atom stereocenters. The van der Waals surface area contributed by atoms with Crippen molar-refractivity contribution in [2.24, 2.45) is 0 Å². The highest BCUT2D eigenvalue weighted by atomic mass is 79.9. The molecule has 0 aliphatic heterocycles. The first-order chi connectivity index (χ1) is 8.91. The molecule has 7 heteroatoms. The molecule has 1 aromatic carbocycles. The molecule has 0 saturated carbocycles. The summed E-state index contributed by atoms with van der Waals surface area (Å²) in [4.78, 5) is 21.1. The number of unbranched alkanes of at least 4 members (excludes halogenated alkanes) is 1. The van der Waals surface area contributed by atoms with E-state index in [4.69, 9.17) is 16.3 Å². The maximum Gasteiger partial charge on any atom is 0.313 e. The third-order valence-electron chi connectivity index (χ3n) is 2.36. The number of hydrogen-bond donors (Lipinski definition) is 0. The van der Waals surface area contributed by atoms with E-state index in [1.807, 2.05) is 0 Å². The number of benzene rings is 1. The lowest BCUT2D eigenvalue weighted by Crippen LogP contribution is -2.02. The van der Waals surface area contributed by atoms with Gasteiger partial charge < -0.3 is 9.53 Å². The van der Waals surface area contributed by atoms with Crippen molar-refractivity contribution in [2.45, 2.75) is 26.2 Å². The number of carbonyl (C=O) groups is 1. The van der Waals surface area contributed by atoms with Gasteiger partial charge in [-0.3, -0.25) is 10.1 Å². The Balaban J connectivity index is 2.67. The third kappa shape index (κ3) is 5.16. The predicted octanol–water partition coefficient (Wildman–Crippen LogP) is 4.15. The Morgan fingerprint density at radius 2 is 2.16 bits per heavy atom. The molecule has 0 amide bonds. The number of hydrogen-bond acceptors (Lipinski definition) is 4. The molecule has 0 aromatic heterocycles. The van der Waals surface area contributed by atoms with Crippen molar-refractivity contribution in [3.8, 4) is 5.75 Å². The molecule has 0 heterocycles. The molecule has 0 aliphatic rings. The van der Waals surface area contributed by atoms with E-state index >= 15 is 0 Å². The van der Waals surface area contributed by atoms with E-state index in [1.165, 1.54) is 13.0 Å². The van der Waals surface area contributed by atoms with E-state index in [-0.39, 0.29) is 22.2 Å². The van der Waals surface area contributed by atoms with Gasteiger partial charge in [0.15, 0.2) is 0 Å². The van der Waals surface area contributed by atoms with Crippen LogP contribution in [0.25, 0.3) is 0 Å². The molecule has 0 aliphatic carbocycles. The first-order valence-electron chi connectivity index (χ1n) is 5.67. The Labute approximate surface area is 124 Å². The van der Waals surface area contributed by atoms with Crippen molar-refractivity contribution in [1.82, 2.24) is 0 Å². The van der Waals surface area contributed by atoms with Crippen molar-refractivity contribution in [3.05, 3.63) is 31.7 Å². The topological polar surface area (TPSA) is 69.4 Å². The molecule has 19 heavy (non-hydrogen) atoms. The van der Waals surface area contributed by atoms with Crippen LogP contribution in [0.15, 0.2) is 16.6 Å². The normalized spacial score (nSPS) is 10.3. The second-order valence-electron chi connectivity index (χ2n) is 4.00. The first-order valence-corrected chi connectivity index (χ1v) is 6.84. The largest absolute Gasteiger partial charge is 0.486 e. The van der Waals surface area contributed by atoms with Crippen LogP contribution in [0.1, 0.15) is 26.2 Å². The van der Waals surface area contributed by atoms with Crippen LogP contribution < -0.4 is 4.74 Å². The van der Waals surface area contributed by atoms with Crippen molar-refractivity contribution >= 4 is 39.0 Å². The smallest absolute Gasteiger partial charge is 0.313 e. The van der Waals surface area contributed by atoms with Crippen LogP contribution in [0.2, 0.25) is 5.02 Å². The number of nitro groups is 1. The van der Waals surface area contributed by atoms with Gasteiger partial charge in [0.25, 0.3) is 0 Å². The average Bonchev–Trinajstić information content (AvgIpc) is 2.29. The fourth-order valence-corrected chi connectivity index (χ4v) is 2.38. The third-order valence-corrected chi connectivity index (χ3v) is 3.16. The fraction of sp³-hybridized carbons (Fsp3) is 0.417. The van der Waals surface area contributed by atoms with Crippen molar-refractivity contribution in [1.29, 1.82) is 0 Å². The van der Waals surface area contributed by atoms with E-state index in [0.29, 0.717) is 30.3 Å². The maximum absolute atomic E-state index is 10.9. The van der Waals surface area contributed by atoms with Gasteiger partial charge in [-0.25, -0.2) is 0 Å². The van der Waals surface area contributed by atoms with Crippen LogP contribution in [0.5, 0.6) is 5.75 Å². The summed E-state index contributed by atoms with van der Waals surface area (Å²) in [6.07, 6.45) is 1.85. The lowest BCUT2D eigenvalue weighted by Gasteiger charge is -2.08. The van der Waals surface area contributed by atoms with E-state index in [0.717, 1.165) is 0 Å². The summed E-state index contributed by atoms with van der Waals surface area (Å²) in [5, 5.41) is 11.2. The summed E-state index contributed by atoms with van der Waals surface area (Å²) in [6.45, 7) is 1.84. The van der Waals surface area contributed by atoms with Gasteiger partial charge in [-0.2, -0.15) is 0 Å². The fourth-order valence-electron chi connectivity index (χ4n) is 1.48. The van der Waals surface area contributed by atoms with Gasteiger partial charge in [0, 0.05) is 17.5 Å². The molecule has 1 rings (SSSR count). The summed E-state index contributed by atoms with van der Waals surface area (Å²) in [5.74, 6) is 0.288. The Morgan fingerprint density at radius 3 is 2.74 bits per heavy atom. The zero-order valence-corrected chi connectivity index (χ0v) is 12.7. The molecule has 0 bridgehead atoms. The molecule has 0 unspecified atom stereocenters. The molecule has 0 N–H and O–H groups in total. The van der Waals surface area contributed by atoms with Gasteiger partial charge in [-0.05, 0) is 41.8 Å². The van der Waals surface area contributed by atoms with Crippen LogP contribution in [0.4, 0.5) is 5.69 Å². The van der Waals surface area contributed by atoms with Crippen LogP contribution >= 0.6 is 27.5 Å². The Morgan fingerprint density at radius 1 is 1.47 bits per heavy atom. The van der Waals surface area contributed by atoms with Crippen LogP contribution in [-0.4, -0.2) is 17.3 Å². The van der Waals surface area contributed by atoms with Crippen LogP contribution in [-0.2, 0) is 4.79 Å². The number of rotatable bonds is 7. The minimum Gasteiger partial charge on any atom is -0.486 e. The Hall–Kier alpha value is -1.14. The van der Waals surface area contributed by atoms with E-state index in [9.17, 15) is 14.9 Å². The molecule has 1 aromatic rings. The molecule has 104 valence electrons. The average molecular weight is 351 g/mol. The zero-order valence-electron chi connectivity index (χ0n) is 10.3. The number of carbonyl (C=O) groups excluding carboxylic acids is 1. The van der Waals surface area contributed by atoms with Gasteiger partial charge >= 0.3 is 5.69 Å². The van der Waals surface area contributed by atoms with Gasteiger partial charge in [0.2, 0.25) is 5.75 Å². The summed E-state index contributed by atoms with van der Waals surface area (Å²) in [6, 6.07) is 2.79. The zero-order chi connectivity index (χ0) is 14.4. The number of Topliss-reactive ketones (excluding diaryl/α,β-unsaturated/α-hetero) is 1. The van der Waals surface area contributed by atoms with Gasteiger partial charge in [-0.1, -0.05) is 11.6 Å². The van der Waals surface area contributed by atoms with Crippen LogP contribution in [0, 0.1) is 10.1 Å². The number of ketones is 1. The highest BCUT2D eigenvalue weighted by Crippen LogP contribution is 2.37. The molecule has 5 nitrogen and oxygen atoms in total. The molecule has 0 fully saturated rings. The maximum atomic E-state index is 10.9.